The topological polar surface area (TPSA) is 37.4 Å². The Bertz CT molecular complexity index is 382. The average Bonchev–Trinajstić information content (AvgIpc) is 2.97. The van der Waals surface area contributed by atoms with Crippen molar-refractivity contribution in [1.82, 2.24) is 10.3 Å². The van der Waals surface area contributed by atoms with Crippen LogP contribution in [-0.2, 0) is 17.9 Å². The lowest BCUT2D eigenvalue weighted by atomic mass is 9.95. The largest absolute Gasteiger partial charge is 0.378 e. The van der Waals surface area contributed by atoms with Gasteiger partial charge in [0, 0.05) is 31.6 Å². The van der Waals surface area contributed by atoms with Gasteiger partial charge in [0.1, 0.15) is 0 Å². The van der Waals surface area contributed by atoms with Crippen molar-refractivity contribution in [2.24, 2.45) is 11.8 Å². The molecule has 2 rings (SSSR count). The van der Waals surface area contributed by atoms with Crippen LogP contribution in [0.2, 0.25) is 0 Å². The molecule has 4 nitrogen and oxygen atoms in total. The van der Waals surface area contributed by atoms with Crippen molar-refractivity contribution in [2.75, 3.05) is 32.1 Å². The molecule has 0 amide bonds. The molecule has 2 heterocycles. The highest BCUT2D eigenvalue weighted by Gasteiger charge is 2.27. The smallest absolute Gasteiger partial charge is 0.185 e. The van der Waals surface area contributed by atoms with E-state index in [-0.39, 0.29) is 0 Å². The first kappa shape index (κ1) is 14.8. The van der Waals surface area contributed by atoms with Gasteiger partial charge in [-0.1, -0.05) is 13.8 Å². The number of ether oxygens (including phenoxy) is 1. The van der Waals surface area contributed by atoms with Crippen molar-refractivity contribution in [1.29, 1.82) is 0 Å². The van der Waals surface area contributed by atoms with Gasteiger partial charge in [0.15, 0.2) is 5.13 Å². The standard InChI is InChI=1S/C14H25N3OS/c1-10(2)11-5-6-17(8-11)14-16-12(9-18-4)13(19-14)7-15-3/h10-11,15H,5-9H2,1-4H3. The second-order valence-electron chi connectivity index (χ2n) is 5.57. The number of hydrogen-bond donors (Lipinski definition) is 1. The van der Waals surface area contributed by atoms with Crippen molar-refractivity contribution < 1.29 is 4.74 Å². The van der Waals surface area contributed by atoms with Crippen LogP contribution in [-0.4, -0.2) is 32.2 Å². The number of methoxy groups -OCH3 is 1. The van der Waals surface area contributed by atoms with Gasteiger partial charge in [-0.05, 0) is 25.3 Å². The molecular formula is C14H25N3OS. The molecule has 19 heavy (non-hydrogen) atoms. The van der Waals surface area contributed by atoms with Gasteiger partial charge in [0.25, 0.3) is 0 Å². The molecule has 1 atom stereocenters. The molecule has 1 saturated heterocycles. The number of nitrogens with zero attached hydrogens (tertiary/aromatic N) is 2. The summed E-state index contributed by atoms with van der Waals surface area (Å²) in [5.41, 5.74) is 1.09. The summed E-state index contributed by atoms with van der Waals surface area (Å²) in [7, 11) is 3.70. The molecule has 5 heteroatoms. The van der Waals surface area contributed by atoms with E-state index >= 15 is 0 Å². The lowest BCUT2D eigenvalue weighted by Gasteiger charge is -2.16. The van der Waals surface area contributed by atoms with Crippen LogP contribution in [0.4, 0.5) is 5.13 Å². The molecule has 1 aromatic rings. The van der Waals surface area contributed by atoms with Crippen LogP contribution in [0, 0.1) is 11.8 Å². The summed E-state index contributed by atoms with van der Waals surface area (Å²) < 4.78 is 5.25. The summed E-state index contributed by atoms with van der Waals surface area (Å²) in [6.07, 6.45) is 1.29. The van der Waals surface area contributed by atoms with Crippen molar-refractivity contribution >= 4 is 16.5 Å². The summed E-state index contributed by atoms with van der Waals surface area (Å²) in [6, 6.07) is 0. The van der Waals surface area contributed by atoms with E-state index in [2.05, 4.69) is 24.1 Å². The predicted molar refractivity (Wildman–Crippen MR) is 80.7 cm³/mol. The van der Waals surface area contributed by atoms with E-state index in [1.165, 1.54) is 16.4 Å². The molecule has 108 valence electrons. The summed E-state index contributed by atoms with van der Waals surface area (Å²) in [6.45, 7) is 8.41. The van der Waals surface area contributed by atoms with Gasteiger partial charge < -0.3 is 15.0 Å². The first-order chi connectivity index (χ1) is 9.15. The maximum atomic E-state index is 5.25. The maximum Gasteiger partial charge on any atom is 0.185 e. The van der Waals surface area contributed by atoms with E-state index in [0.717, 1.165) is 37.2 Å². The minimum Gasteiger partial charge on any atom is -0.378 e. The molecule has 0 aliphatic carbocycles. The highest BCUT2D eigenvalue weighted by Crippen LogP contribution is 2.32. The SMILES string of the molecule is CNCc1sc(N2CCC(C(C)C)C2)nc1COC. The second kappa shape index (κ2) is 6.68. The third-order valence-electron chi connectivity index (χ3n) is 3.82. The lowest BCUT2D eigenvalue weighted by molar-refractivity contribution is 0.181. The number of nitrogens with one attached hydrogen (secondary N) is 1. The second-order valence-corrected chi connectivity index (χ2v) is 6.63. The maximum absolute atomic E-state index is 5.25. The predicted octanol–water partition coefficient (Wildman–Crippen LogP) is 2.49. The van der Waals surface area contributed by atoms with Crippen LogP contribution in [0.5, 0.6) is 0 Å². The summed E-state index contributed by atoms with van der Waals surface area (Å²) in [4.78, 5) is 8.51. The normalized spacial score (nSPS) is 19.6. The zero-order valence-electron chi connectivity index (χ0n) is 12.4. The Labute approximate surface area is 120 Å². The fourth-order valence-corrected chi connectivity index (χ4v) is 3.67. The Morgan fingerprint density at radius 1 is 1.53 bits per heavy atom. The quantitative estimate of drug-likeness (QED) is 0.870. The Hall–Kier alpha value is -0.650. The third-order valence-corrected chi connectivity index (χ3v) is 4.98. The van der Waals surface area contributed by atoms with Gasteiger partial charge in [-0.25, -0.2) is 4.98 Å². The molecule has 1 N–H and O–H groups in total. The molecule has 0 radical (unpaired) electrons. The van der Waals surface area contributed by atoms with Crippen LogP contribution >= 0.6 is 11.3 Å². The molecule has 0 bridgehead atoms. The fraction of sp³-hybridized carbons (Fsp3) is 0.786. The minimum absolute atomic E-state index is 0.606. The highest BCUT2D eigenvalue weighted by molar-refractivity contribution is 7.15. The van der Waals surface area contributed by atoms with Crippen LogP contribution in [0.25, 0.3) is 0 Å². The molecule has 0 saturated carbocycles. The Balaban J connectivity index is 2.10. The zero-order chi connectivity index (χ0) is 13.8. The first-order valence-corrected chi connectivity index (χ1v) is 7.84. The van der Waals surface area contributed by atoms with Gasteiger partial charge in [0.05, 0.1) is 12.3 Å². The lowest BCUT2D eigenvalue weighted by Crippen LogP contribution is -2.21. The van der Waals surface area contributed by atoms with Gasteiger partial charge in [-0.3, -0.25) is 0 Å². The fourth-order valence-electron chi connectivity index (χ4n) is 2.56. The number of aromatic nitrogens is 1. The summed E-state index contributed by atoms with van der Waals surface area (Å²) in [5.74, 6) is 1.57. The average molecular weight is 283 g/mol. The molecule has 1 aliphatic heterocycles. The van der Waals surface area contributed by atoms with Crippen LogP contribution < -0.4 is 10.2 Å². The Morgan fingerprint density at radius 3 is 2.89 bits per heavy atom. The van der Waals surface area contributed by atoms with E-state index in [1.807, 2.05) is 18.4 Å². The van der Waals surface area contributed by atoms with Crippen molar-refractivity contribution in [3.8, 4) is 0 Å². The van der Waals surface area contributed by atoms with Gasteiger partial charge in [-0.15, -0.1) is 11.3 Å². The van der Waals surface area contributed by atoms with Crippen LogP contribution in [0.1, 0.15) is 30.8 Å². The minimum atomic E-state index is 0.606. The van der Waals surface area contributed by atoms with Crippen LogP contribution in [0.15, 0.2) is 0 Å². The summed E-state index contributed by atoms with van der Waals surface area (Å²) in [5, 5.41) is 4.38. The zero-order valence-corrected chi connectivity index (χ0v) is 13.2. The summed E-state index contributed by atoms with van der Waals surface area (Å²) >= 11 is 1.81. The van der Waals surface area contributed by atoms with E-state index in [1.54, 1.807) is 7.11 Å². The molecule has 1 unspecified atom stereocenters. The molecule has 1 aliphatic rings. The molecule has 1 fully saturated rings. The number of anilines is 1. The highest BCUT2D eigenvalue weighted by atomic mass is 32.1. The van der Waals surface area contributed by atoms with Gasteiger partial charge in [0.2, 0.25) is 0 Å². The monoisotopic (exact) mass is 283 g/mol. The van der Waals surface area contributed by atoms with Crippen molar-refractivity contribution in [3.63, 3.8) is 0 Å². The van der Waals surface area contributed by atoms with Crippen molar-refractivity contribution in [3.05, 3.63) is 10.6 Å². The number of hydrogen-bond acceptors (Lipinski definition) is 5. The van der Waals surface area contributed by atoms with Gasteiger partial charge in [-0.2, -0.15) is 0 Å². The number of rotatable bonds is 6. The van der Waals surface area contributed by atoms with E-state index in [9.17, 15) is 0 Å². The van der Waals surface area contributed by atoms with E-state index in [0.29, 0.717) is 6.61 Å². The Morgan fingerprint density at radius 2 is 2.32 bits per heavy atom. The Kier molecular flexibility index (Phi) is 5.19. The third kappa shape index (κ3) is 3.46. The van der Waals surface area contributed by atoms with E-state index in [4.69, 9.17) is 9.72 Å². The first-order valence-electron chi connectivity index (χ1n) is 7.02. The van der Waals surface area contributed by atoms with Gasteiger partial charge >= 0.3 is 0 Å². The molecule has 1 aromatic heterocycles. The van der Waals surface area contributed by atoms with Crippen molar-refractivity contribution in [2.45, 2.75) is 33.4 Å². The molecule has 0 aromatic carbocycles. The number of thiazole rings is 1. The molecular weight excluding hydrogens is 258 g/mol. The van der Waals surface area contributed by atoms with Crippen LogP contribution in [0.3, 0.4) is 0 Å². The molecule has 0 spiro atoms. The van der Waals surface area contributed by atoms with E-state index < -0.39 is 0 Å².